The molecule has 16 rings (SSSR count). The van der Waals surface area contributed by atoms with Gasteiger partial charge in [0, 0.05) is 122 Å². The lowest BCUT2D eigenvalue weighted by Gasteiger charge is -2.08. The number of ketones is 4. The van der Waals surface area contributed by atoms with Crippen LogP contribution in [-0.2, 0) is 46.8 Å². The summed E-state index contributed by atoms with van der Waals surface area (Å²) in [5.74, 6) is -0.146. The molecule has 27 heteroatoms. The summed E-state index contributed by atoms with van der Waals surface area (Å²) in [6.45, 7) is 14.3. The lowest BCUT2D eigenvalue weighted by Crippen LogP contribution is -2.09. The molecule has 0 atom stereocenters. The minimum atomic E-state index is -0.0432. The van der Waals surface area contributed by atoms with E-state index in [1.165, 1.54) is 19.0 Å². The Kier molecular flexibility index (Phi) is 20.4. The van der Waals surface area contributed by atoms with Gasteiger partial charge in [-0.25, -0.2) is 28.5 Å². The normalized spacial score (nSPS) is 11.7. The van der Waals surface area contributed by atoms with Gasteiger partial charge in [-0.05, 0) is 155 Å². The Labute approximate surface area is 591 Å². The van der Waals surface area contributed by atoms with Gasteiger partial charge in [0.25, 0.3) is 0 Å². The monoisotopic (exact) mass is 1370 g/mol. The van der Waals surface area contributed by atoms with Gasteiger partial charge in [0.05, 0.1) is 83.0 Å². The van der Waals surface area contributed by atoms with Gasteiger partial charge >= 0.3 is 0 Å². The molecule has 1 aliphatic rings. The van der Waals surface area contributed by atoms with Gasteiger partial charge in [0.15, 0.2) is 45.7 Å². The van der Waals surface area contributed by atoms with E-state index < -0.39 is 0 Å². The van der Waals surface area contributed by atoms with Crippen molar-refractivity contribution >= 4 is 57.0 Å². The highest BCUT2D eigenvalue weighted by Gasteiger charge is 2.23. The molecule has 0 aromatic carbocycles. The van der Waals surface area contributed by atoms with Crippen LogP contribution in [0.4, 0.5) is 0 Å². The minimum Gasteiger partial charge on any atom is -0.294 e. The molecule has 0 aliphatic carbocycles. The topological polar surface area (TPSA) is 306 Å². The summed E-state index contributed by atoms with van der Waals surface area (Å²) in [5, 5.41) is 33.6. The first-order valence-corrected chi connectivity index (χ1v) is 32.6. The first-order valence-electron chi connectivity index (χ1n) is 32.6. The molecule has 0 bridgehead atoms. The molecule has 27 nitrogen and oxygen atoms in total. The number of hydrogen-bond donors (Lipinski definition) is 0. The molecular weight excluding hydrogens is 1300 g/mol. The van der Waals surface area contributed by atoms with Crippen LogP contribution < -0.4 is 0 Å². The van der Waals surface area contributed by atoms with Crippen LogP contribution in [0, 0.1) is 41.5 Å². The Balaban J connectivity index is 0.000000129. The molecule has 0 N–H and O–H groups in total. The van der Waals surface area contributed by atoms with Crippen LogP contribution in [0.2, 0.25) is 0 Å². The number of allylic oxidation sites excluding steroid dienone is 1. The Hall–Kier alpha value is -13.2. The molecule has 0 spiro atoms. The molecule has 103 heavy (non-hydrogen) atoms. The number of rotatable bonds is 16. The third-order valence-corrected chi connectivity index (χ3v) is 16.9. The zero-order chi connectivity index (χ0) is 71.3. The van der Waals surface area contributed by atoms with Crippen LogP contribution in [-0.4, -0.2) is 143 Å². The minimum absolute atomic E-state index is 0. The second-order valence-electron chi connectivity index (χ2n) is 24.9. The van der Waals surface area contributed by atoms with Crippen molar-refractivity contribution in [3.63, 3.8) is 0 Å². The van der Waals surface area contributed by atoms with E-state index in [1.807, 2.05) is 198 Å². The van der Waals surface area contributed by atoms with Gasteiger partial charge in [-0.2, -0.15) is 30.6 Å². The number of aryl methyl sites for hydroxylation is 9. The number of Topliss-reactive ketones (excluding diaryl/α,β-unsaturated/α-hetero) is 4. The quantitative estimate of drug-likeness (QED) is 0.0812. The van der Waals surface area contributed by atoms with Gasteiger partial charge in [-0.1, -0.05) is 31.7 Å². The summed E-state index contributed by atoms with van der Waals surface area (Å²) in [4.78, 5) is 86.2. The Bertz CT molecular complexity index is 5730. The van der Waals surface area contributed by atoms with Crippen molar-refractivity contribution in [1.29, 1.82) is 0 Å². The predicted octanol–water partition coefficient (Wildman–Crippen LogP) is 10.7. The number of aromatic nitrogens is 22. The van der Waals surface area contributed by atoms with Crippen LogP contribution in [0.3, 0.4) is 0 Å². The fourth-order valence-electron chi connectivity index (χ4n) is 11.8. The maximum atomic E-state index is 13.0. The molecule has 0 amide bonds. The average molecular weight is 1370 g/mol. The van der Waals surface area contributed by atoms with Crippen LogP contribution in [0.1, 0.15) is 118 Å². The SMILES string of the molecule is C.CC1=NCC(c2cc(C(=O)Cc3ccc(C)cn3)c3ncnn3c2)=C1.Cc1ccc(CC(=O)c2cc(-c3cc(C)nn3C)cn3ncnc23)nc1.Cc1ccc(CC(=O)c2cc(-c3ccnn3C)cn3cnnc23)nc1.Cc1cccc(CC(=O)c2cc(-c3cc(C)nn3C)cn3ncnc23)n1. The standard InChI is InChI=1S/2C19H18N6O.C19H17N5O.C18H16N6O.CH4/c1-12-4-5-15(20-9-12)8-18(26)16-7-14(10-25-19(16)21-11-22-25)17-6-13(2)23-24(17)3;1-12-5-4-6-15(22-12)9-18(26)16-8-14(10-25-19(16)20-11-21-25)17-7-13(2)23-24(17)3;1-12-3-4-16(21-8-12)7-18(25)17-6-15(14-5-13(2)20-9-14)10-24-19(17)22-11-23-24;1-12-3-4-14(19-9-12)8-17(25)15-7-13(16-5-6-21-23(16)2)10-24-11-20-22-18(15)24;/h4-7,9-11H,8H2,1-3H3;4-8,10-11H,9H2,1-3H3;3-6,8,10-11H,7,9H2,1-2H3;3-7,9-11H,8H2,1-2H3;1H4. The van der Waals surface area contributed by atoms with Crippen molar-refractivity contribution in [3.05, 3.63) is 262 Å². The van der Waals surface area contributed by atoms with E-state index in [-0.39, 0.29) is 56.2 Å². The summed E-state index contributed by atoms with van der Waals surface area (Å²) in [5.41, 5.74) is 21.6. The molecule has 0 radical (unpaired) electrons. The number of aliphatic imine (C=N–C) groups is 1. The lowest BCUT2D eigenvalue weighted by atomic mass is 10.0. The number of carbonyl (C=O) groups excluding carboxylic acids is 4. The molecule has 1 aliphatic heterocycles. The summed E-state index contributed by atoms with van der Waals surface area (Å²) in [7, 11) is 5.63. The van der Waals surface area contributed by atoms with E-state index in [0.717, 1.165) is 107 Å². The van der Waals surface area contributed by atoms with Crippen molar-refractivity contribution in [2.75, 3.05) is 6.54 Å². The van der Waals surface area contributed by atoms with Crippen molar-refractivity contribution in [3.8, 4) is 33.8 Å². The third-order valence-electron chi connectivity index (χ3n) is 16.9. The van der Waals surface area contributed by atoms with E-state index in [0.29, 0.717) is 51.4 Å². The van der Waals surface area contributed by atoms with Gasteiger partial charge < -0.3 is 0 Å². The first-order chi connectivity index (χ1) is 49.2. The van der Waals surface area contributed by atoms with E-state index in [1.54, 1.807) is 63.1 Å². The maximum absolute atomic E-state index is 13.0. The summed E-state index contributed by atoms with van der Waals surface area (Å²) < 4.78 is 12.0. The second kappa shape index (κ2) is 30.1. The Morgan fingerprint density at radius 1 is 0.427 bits per heavy atom. The van der Waals surface area contributed by atoms with Gasteiger partial charge in [-0.15, -0.1) is 10.2 Å². The molecule has 0 unspecified atom stereocenters. The summed E-state index contributed by atoms with van der Waals surface area (Å²) >= 11 is 0. The van der Waals surface area contributed by atoms with Gasteiger partial charge in [-0.3, -0.25) is 62.6 Å². The van der Waals surface area contributed by atoms with Crippen molar-refractivity contribution in [2.24, 2.45) is 26.1 Å². The fourth-order valence-corrected chi connectivity index (χ4v) is 11.8. The molecule has 15 aromatic rings. The highest BCUT2D eigenvalue weighted by Crippen LogP contribution is 2.28. The highest BCUT2D eigenvalue weighted by molar-refractivity contribution is 6.07. The van der Waals surface area contributed by atoms with Gasteiger partial charge in [0.1, 0.15) is 25.3 Å². The second-order valence-corrected chi connectivity index (χ2v) is 24.9. The number of hydrogen-bond acceptors (Lipinski definition) is 20. The van der Waals surface area contributed by atoms with Crippen molar-refractivity contribution in [2.45, 2.75) is 81.6 Å². The number of fused-ring (bicyclic) bond motifs is 4. The molecule has 516 valence electrons. The van der Waals surface area contributed by atoms with Crippen LogP contribution >= 0.6 is 0 Å². The number of pyridine rings is 8. The molecule has 0 fully saturated rings. The Morgan fingerprint density at radius 2 is 0.864 bits per heavy atom. The largest absolute Gasteiger partial charge is 0.294 e. The molecular formula is C76H73N23O4. The zero-order valence-corrected chi connectivity index (χ0v) is 57.7. The van der Waals surface area contributed by atoms with E-state index in [4.69, 9.17) is 0 Å². The smallest absolute Gasteiger partial charge is 0.172 e. The molecule has 0 saturated heterocycles. The lowest BCUT2D eigenvalue weighted by molar-refractivity contribution is 0.0984. The van der Waals surface area contributed by atoms with Crippen LogP contribution in [0.15, 0.2) is 183 Å². The molecule has 16 heterocycles. The van der Waals surface area contributed by atoms with Crippen molar-refractivity contribution in [1.82, 2.24) is 108 Å². The van der Waals surface area contributed by atoms with Crippen LogP contribution in [0.5, 0.6) is 0 Å². The van der Waals surface area contributed by atoms with Gasteiger partial charge in [0.2, 0.25) is 0 Å². The highest BCUT2D eigenvalue weighted by atomic mass is 16.1. The van der Waals surface area contributed by atoms with E-state index in [2.05, 4.69) is 80.7 Å². The third kappa shape index (κ3) is 15.8. The number of nitrogens with zero attached hydrogens (tertiary/aromatic N) is 23. The predicted molar refractivity (Wildman–Crippen MR) is 389 cm³/mol. The average Bonchev–Trinajstić information content (AvgIpc) is 1.69. The summed E-state index contributed by atoms with van der Waals surface area (Å²) in [6.07, 6.45) is 23.4. The van der Waals surface area contributed by atoms with E-state index in [9.17, 15) is 19.2 Å². The van der Waals surface area contributed by atoms with E-state index >= 15 is 0 Å². The first kappa shape index (κ1) is 69.7. The number of carbonyl (C=O) groups is 4. The van der Waals surface area contributed by atoms with Crippen LogP contribution in [0.25, 0.3) is 61.9 Å². The maximum Gasteiger partial charge on any atom is 0.172 e. The zero-order valence-electron chi connectivity index (χ0n) is 57.7. The Morgan fingerprint density at radius 3 is 1.26 bits per heavy atom. The summed E-state index contributed by atoms with van der Waals surface area (Å²) in [6, 6.07) is 30.5. The fraction of sp³-hybridized carbons (Fsp3) is 0.211. The van der Waals surface area contributed by atoms with Crippen molar-refractivity contribution < 1.29 is 19.2 Å². The molecule has 0 saturated carbocycles. The molecule has 15 aromatic heterocycles.